The summed E-state index contributed by atoms with van der Waals surface area (Å²) in [5, 5.41) is 3.62. The van der Waals surface area contributed by atoms with Gasteiger partial charge in [-0.3, -0.25) is 0 Å². The summed E-state index contributed by atoms with van der Waals surface area (Å²) in [5.74, 6) is 1.53. The van der Waals surface area contributed by atoms with E-state index in [4.69, 9.17) is 9.47 Å². The Bertz CT molecular complexity index is 406. The van der Waals surface area contributed by atoms with Crippen molar-refractivity contribution in [3.63, 3.8) is 0 Å². The van der Waals surface area contributed by atoms with Crippen LogP contribution in [-0.4, -0.2) is 25.4 Å². The summed E-state index contributed by atoms with van der Waals surface area (Å²) in [5.41, 5.74) is 1.15. The van der Waals surface area contributed by atoms with Gasteiger partial charge in [-0.05, 0) is 37.3 Å². The molecular formula is C17H27NO2. The SMILES string of the molecule is CCCOc1cccc(NC2CCOC(C(C)C)C2)c1. The van der Waals surface area contributed by atoms with Crippen LogP contribution in [0.15, 0.2) is 24.3 Å². The summed E-state index contributed by atoms with van der Waals surface area (Å²) in [4.78, 5) is 0. The third-order valence-corrected chi connectivity index (χ3v) is 3.74. The van der Waals surface area contributed by atoms with Crippen LogP contribution >= 0.6 is 0 Å². The molecule has 0 aliphatic carbocycles. The zero-order valence-electron chi connectivity index (χ0n) is 12.9. The number of rotatable bonds is 6. The van der Waals surface area contributed by atoms with Crippen molar-refractivity contribution in [1.29, 1.82) is 0 Å². The van der Waals surface area contributed by atoms with E-state index in [9.17, 15) is 0 Å². The van der Waals surface area contributed by atoms with E-state index in [0.29, 0.717) is 18.1 Å². The van der Waals surface area contributed by atoms with Gasteiger partial charge in [0.2, 0.25) is 0 Å². The summed E-state index contributed by atoms with van der Waals surface area (Å²) in [6.07, 6.45) is 3.56. The van der Waals surface area contributed by atoms with Gasteiger partial charge in [-0.25, -0.2) is 0 Å². The summed E-state index contributed by atoms with van der Waals surface area (Å²) >= 11 is 0. The molecular weight excluding hydrogens is 250 g/mol. The van der Waals surface area contributed by atoms with E-state index in [0.717, 1.165) is 43.9 Å². The quantitative estimate of drug-likeness (QED) is 0.849. The lowest BCUT2D eigenvalue weighted by atomic mass is 9.95. The second kappa shape index (κ2) is 7.53. The maximum Gasteiger partial charge on any atom is 0.121 e. The Hall–Kier alpha value is -1.22. The van der Waals surface area contributed by atoms with Crippen molar-refractivity contribution in [3.8, 4) is 5.75 Å². The molecule has 0 aromatic heterocycles. The molecule has 1 aliphatic heterocycles. The molecule has 2 unspecified atom stereocenters. The molecule has 0 amide bonds. The predicted octanol–water partition coefficient (Wildman–Crippen LogP) is 4.09. The molecule has 1 aromatic rings. The predicted molar refractivity (Wildman–Crippen MR) is 83.5 cm³/mol. The fraction of sp³-hybridized carbons (Fsp3) is 0.647. The highest BCUT2D eigenvalue weighted by Gasteiger charge is 2.24. The second-order valence-corrected chi connectivity index (χ2v) is 5.90. The molecule has 1 heterocycles. The molecule has 1 aromatic carbocycles. The van der Waals surface area contributed by atoms with Crippen molar-refractivity contribution in [2.45, 2.75) is 52.2 Å². The van der Waals surface area contributed by atoms with Gasteiger partial charge in [-0.15, -0.1) is 0 Å². The third-order valence-electron chi connectivity index (χ3n) is 3.74. The van der Waals surface area contributed by atoms with Crippen LogP contribution in [0.3, 0.4) is 0 Å². The van der Waals surface area contributed by atoms with Crippen molar-refractivity contribution in [2.24, 2.45) is 5.92 Å². The van der Waals surface area contributed by atoms with Gasteiger partial charge in [0.05, 0.1) is 12.7 Å². The topological polar surface area (TPSA) is 30.5 Å². The molecule has 1 saturated heterocycles. The lowest BCUT2D eigenvalue weighted by Crippen LogP contribution is -2.36. The Morgan fingerprint density at radius 3 is 3.00 bits per heavy atom. The van der Waals surface area contributed by atoms with Crippen LogP contribution in [0.5, 0.6) is 5.75 Å². The zero-order chi connectivity index (χ0) is 14.4. The van der Waals surface area contributed by atoms with Crippen molar-refractivity contribution >= 4 is 5.69 Å². The standard InChI is InChI=1S/C17H27NO2/c1-4-9-19-16-7-5-6-14(11-16)18-15-8-10-20-17(12-15)13(2)3/h5-7,11,13,15,17-18H,4,8-10,12H2,1-3H3. The molecule has 1 fully saturated rings. The first-order chi connectivity index (χ1) is 9.69. The van der Waals surface area contributed by atoms with Gasteiger partial charge in [0.1, 0.15) is 5.75 Å². The Kier molecular flexibility index (Phi) is 5.72. The van der Waals surface area contributed by atoms with E-state index in [1.165, 1.54) is 0 Å². The van der Waals surface area contributed by atoms with E-state index < -0.39 is 0 Å². The Labute approximate surface area is 122 Å². The van der Waals surface area contributed by atoms with Gasteiger partial charge in [-0.2, -0.15) is 0 Å². The van der Waals surface area contributed by atoms with Crippen molar-refractivity contribution < 1.29 is 9.47 Å². The summed E-state index contributed by atoms with van der Waals surface area (Å²) in [7, 11) is 0. The Morgan fingerprint density at radius 2 is 2.25 bits per heavy atom. The van der Waals surface area contributed by atoms with E-state index in [1.807, 2.05) is 12.1 Å². The van der Waals surface area contributed by atoms with Crippen molar-refractivity contribution in [3.05, 3.63) is 24.3 Å². The van der Waals surface area contributed by atoms with Gasteiger partial charge in [0.15, 0.2) is 0 Å². The summed E-state index contributed by atoms with van der Waals surface area (Å²) < 4.78 is 11.5. The van der Waals surface area contributed by atoms with Crippen LogP contribution in [0.25, 0.3) is 0 Å². The molecule has 3 heteroatoms. The van der Waals surface area contributed by atoms with Crippen LogP contribution in [0, 0.1) is 5.92 Å². The third kappa shape index (κ3) is 4.41. The highest BCUT2D eigenvalue weighted by molar-refractivity contribution is 5.48. The van der Waals surface area contributed by atoms with E-state index in [-0.39, 0.29) is 0 Å². The fourth-order valence-corrected chi connectivity index (χ4v) is 2.55. The lowest BCUT2D eigenvalue weighted by Gasteiger charge is -2.33. The van der Waals surface area contributed by atoms with E-state index in [1.54, 1.807) is 0 Å². The Morgan fingerprint density at radius 1 is 1.40 bits per heavy atom. The zero-order valence-corrected chi connectivity index (χ0v) is 12.9. The molecule has 2 rings (SSSR count). The minimum absolute atomic E-state index is 0.376. The first-order valence-corrected chi connectivity index (χ1v) is 7.80. The van der Waals surface area contributed by atoms with E-state index >= 15 is 0 Å². The van der Waals surface area contributed by atoms with Gasteiger partial charge in [-0.1, -0.05) is 26.8 Å². The van der Waals surface area contributed by atoms with Crippen molar-refractivity contribution in [2.75, 3.05) is 18.5 Å². The molecule has 0 spiro atoms. The monoisotopic (exact) mass is 277 g/mol. The van der Waals surface area contributed by atoms with Crippen LogP contribution in [0.1, 0.15) is 40.0 Å². The van der Waals surface area contributed by atoms with Gasteiger partial charge in [0, 0.05) is 24.4 Å². The lowest BCUT2D eigenvalue weighted by molar-refractivity contribution is -0.0160. The number of hydrogen-bond donors (Lipinski definition) is 1. The molecule has 2 atom stereocenters. The highest BCUT2D eigenvalue weighted by Crippen LogP contribution is 2.25. The number of anilines is 1. The fourth-order valence-electron chi connectivity index (χ4n) is 2.55. The smallest absolute Gasteiger partial charge is 0.121 e. The average Bonchev–Trinajstić information content (AvgIpc) is 2.46. The highest BCUT2D eigenvalue weighted by atomic mass is 16.5. The molecule has 0 radical (unpaired) electrons. The molecule has 3 nitrogen and oxygen atoms in total. The molecule has 112 valence electrons. The molecule has 1 aliphatic rings. The Balaban J connectivity index is 1.92. The minimum Gasteiger partial charge on any atom is -0.494 e. The number of ether oxygens (including phenoxy) is 2. The maximum absolute atomic E-state index is 5.82. The molecule has 0 saturated carbocycles. The second-order valence-electron chi connectivity index (χ2n) is 5.90. The number of nitrogens with one attached hydrogen (secondary N) is 1. The maximum atomic E-state index is 5.82. The molecule has 1 N–H and O–H groups in total. The van der Waals surface area contributed by atoms with Gasteiger partial charge >= 0.3 is 0 Å². The normalized spacial score (nSPS) is 22.8. The molecule has 0 bridgehead atoms. The van der Waals surface area contributed by atoms with E-state index in [2.05, 4.69) is 38.2 Å². The van der Waals surface area contributed by atoms with Crippen LogP contribution in [-0.2, 0) is 4.74 Å². The molecule has 20 heavy (non-hydrogen) atoms. The number of benzene rings is 1. The largest absolute Gasteiger partial charge is 0.494 e. The van der Waals surface area contributed by atoms with Crippen molar-refractivity contribution in [1.82, 2.24) is 0 Å². The summed E-state index contributed by atoms with van der Waals surface area (Å²) in [6, 6.07) is 8.76. The first-order valence-electron chi connectivity index (χ1n) is 7.80. The summed E-state index contributed by atoms with van der Waals surface area (Å²) in [6.45, 7) is 8.21. The number of hydrogen-bond acceptors (Lipinski definition) is 3. The van der Waals surface area contributed by atoms with Gasteiger partial charge in [0.25, 0.3) is 0 Å². The van der Waals surface area contributed by atoms with Crippen LogP contribution in [0.4, 0.5) is 5.69 Å². The van der Waals surface area contributed by atoms with Crippen LogP contribution < -0.4 is 10.1 Å². The minimum atomic E-state index is 0.376. The van der Waals surface area contributed by atoms with Crippen LogP contribution in [0.2, 0.25) is 0 Å². The first kappa shape index (κ1) is 15.2. The van der Waals surface area contributed by atoms with Gasteiger partial charge < -0.3 is 14.8 Å². The average molecular weight is 277 g/mol.